The van der Waals surface area contributed by atoms with Gasteiger partial charge in [0.2, 0.25) is 11.6 Å². The highest BCUT2D eigenvalue weighted by Crippen LogP contribution is 2.31. The summed E-state index contributed by atoms with van der Waals surface area (Å²) in [6, 6.07) is 6.61. The topological polar surface area (TPSA) is 97.9 Å². The maximum absolute atomic E-state index is 12.3. The Morgan fingerprint density at radius 1 is 1.14 bits per heavy atom. The van der Waals surface area contributed by atoms with Crippen LogP contribution in [0.4, 0.5) is 5.82 Å². The van der Waals surface area contributed by atoms with Gasteiger partial charge in [-0.15, -0.1) is 0 Å². The molecule has 7 heteroatoms. The van der Waals surface area contributed by atoms with Crippen molar-refractivity contribution in [1.82, 2.24) is 9.55 Å². The number of nitrogen functional groups attached to an aromatic ring is 1. The number of aromatic amines is 1. The van der Waals surface area contributed by atoms with Crippen molar-refractivity contribution in [2.75, 3.05) is 5.73 Å². The van der Waals surface area contributed by atoms with Crippen molar-refractivity contribution in [2.45, 2.75) is 0 Å². The van der Waals surface area contributed by atoms with Crippen molar-refractivity contribution < 1.29 is 9.59 Å². The molecular weight excluding hydrogens is 302 g/mol. The van der Waals surface area contributed by atoms with E-state index in [1.54, 1.807) is 31.3 Å². The van der Waals surface area contributed by atoms with Gasteiger partial charge in [-0.25, -0.2) is 0 Å². The zero-order chi connectivity index (χ0) is 16.0. The van der Waals surface area contributed by atoms with E-state index in [2.05, 4.69) is 4.98 Å². The third-order valence-corrected chi connectivity index (χ3v) is 3.98. The normalized spacial score (nSPS) is 13.8. The fourth-order valence-corrected chi connectivity index (χ4v) is 2.62. The largest absolute Gasteiger partial charge is 0.384 e. The van der Waals surface area contributed by atoms with Crippen molar-refractivity contribution in [3.63, 3.8) is 0 Å². The highest BCUT2D eigenvalue weighted by molar-refractivity contribution is 7.71. The van der Waals surface area contributed by atoms with Gasteiger partial charge >= 0.3 is 0 Å². The van der Waals surface area contributed by atoms with Gasteiger partial charge in [0.25, 0.3) is 5.56 Å². The van der Waals surface area contributed by atoms with E-state index < -0.39 is 17.1 Å². The molecule has 0 spiro atoms. The Morgan fingerprint density at radius 2 is 1.77 bits per heavy atom. The van der Waals surface area contributed by atoms with Crippen molar-refractivity contribution in [2.24, 2.45) is 7.05 Å². The van der Waals surface area contributed by atoms with Crippen molar-refractivity contribution in [3.05, 3.63) is 62.2 Å². The van der Waals surface area contributed by atoms with Gasteiger partial charge in [-0.2, -0.15) is 0 Å². The van der Waals surface area contributed by atoms with Gasteiger partial charge in [-0.3, -0.25) is 19.4 Å². The van der Waals surface area contributed by atoms with Crippen molar-refractivity contribution in [1.29, 1.82) is 0 Å². The number of aromatic nitrogens is 2. The maximum atomic E-state index is 12.3. The summed E-state index contributed by atoms with van der Waals surface area (Å²) in [5, 5.41) is 0. The maximum Gasteiger partial charge on any atom is 0.261 e. The smallest absolute Gasteiger partial charge is 0.261 e. The van der Waals surface area contributed by atoms with Crippen LogP contribution in [0.5, 0.6) is 0 Å². The lowest BCUT2D eigenvalue weighted by atomic mass is 9.86. The molecule has 2 aromatic rings. The Hall–Kier alpha value is -2.80. The van der Waals surface area contributed by atoms with Gasteiger partial charge in [0.05, 0.1) is 5.56 Å². The second-order valence-corrected chi connectivity index (χ2v) is 5.26. The number of nitrogens with one attached hydrogen (secondary N) is 1. The van der Waals surface area contributed by atoms with E-state index in [1.807, 2.05) is 0 Å². The molecule has 0 saturated carbocycles. The summed E-state index contributed by atoms with van der Waals surface area (Å²) in [6.07, 6.45) is 1.15. The molecule has 0 aliphatic heterocycles. The Labute approximate surface area is 129 Å². The first-order valence-electron chi connectivity index (χ1n) is 6.40. The predicted octanol–water partition coefficient (Wildman–Crippen LogP) is 1.22. The van der Waals surface area contributed by atoms with Crippen LogP contribution in [0.15, 0.2) is 35.1 Å². The zero-order valence-corrected chi connectivity index (χ0v) is 12.4. The first-order valence-corrected chi connectivity index (χ1v) is 6.81. The molecule has 6 nitrogen and oxygen atoms in total. The fraction of sp³-hybridized carbons (Fsp3) is 0.0667. The summed E-state index contributed by atoms with van der Waals surface area (Å²) in [5.41, 5.74) is 6.71. The molecule has 0 fully saturated rings. The van der Waals surface area contributed by atoms with Gasteiger partial charge in [0.1, 0.15) is 5.82 Å². The summed E-state index contributed by atoms with van der Waals surface area (Å²) in [4.78, 5) is 38.6. The number of carbonyl (C=O) groups is 2. The Morgan fingerprint density at radius 3 is 2.45 bits per heavy atom. The molecule has 0 radical (unpaired) electrons. The molecular formula is C15H11N3O3S. The van der Waals surface area contributed by atoms with Crippen LogP contribution >= 0.6 is 12.2 Å². The van der Waals surface area contributed by atoms with Crippen molar-refractivity contribution >= 4 is 35.2 Å². The average molecular weight is 313 g/mol. The van der Waals surface area contributed by atoms with Crippen molar-refractivity contribution in [3.8, 4) is 0 Å². The van der Waals surface area contributed by atoms with Gasteiger partial charge < -0.3 is 10.3 Å². The molecule has 3 N–H and O–H groups in total. The number of hydrogen-bond donors (Lipinski definition) is 2. The van der Waals surface area contributed by atoms with Gasteiger partial charge in [0, 0.05) is 18.2 Å². The van der Waals surface area contributed by atoms with Gasteiger partial charge in [-0.1, -0.05) is 24.3 Å². The molecule has 22 heavy (non-hydrogen) atoms. The minimum atomic E-state index is -0.683. The number of H-pyrrole nitrogens is 1. The van der Waals surface area contributed by atoms with E-state index >= 15 is 0 Å². The van der Waals surface area contributed by atoms with E-state index in [9.17, 15) is 14.4 Å². The lowest BCUT2D eigenvalue weighted by molar-refractivity contribution is -0.111. The SMILES string of the molecule is Cn1c(N)c(C2=CC(=O)C(=O)c3ccccc32)c(=O)[nH]c1=S. The number of carbonyl (C=O) groups excluding carboxylic acids is 2. The highest BCUT2D eigenvalue weighted by Gasteiger charge is 2.28. The fourth-order valence-electron chi connectivity index (χ4n) is 2.43. The molecule has 0 bridgehead atoms. The van der Waals surface area contributed by atoms with Crippen LogP contribution in [-0.4, -0.2) is 21.1 Å². The summed E-state index contributed by atoms with van der Waals surface area (Å²) < 4.78 is 1.62. The van der Waals surface area contributed by atoms with E-state index in [1.165, 1.54) is 4.57 Å². The zero-order valence-electron chi connectivity index (χ0n) is 11.5. The predicted molar refractivity (Wildman–Crippen MR) is 84.1 cm³/mol. The molecule has 0 amide bonds. The first-order chi connectivity index (χ1) is 10.4. The number of anilines is 1. The molecule has 0 saturated heterocycles. The number of allylic oxidation sites excluding steroid dienone is 1. The Kier molecular flexibility index (Phi) is 3.14. The number of rotatable bonds is 1. The number of nitrogens with two attached hydrogens (primary N) is 1. The number of ketones is 2. The average Bonchev–Trinajstić information content (AvgIpc) is 2.50. The minimum Gasteiger partial charge on any atom is -0.384 e. The number of hydrogen-bond acceptors (Lipinski definition) is 5. The summed E-state index contributed by atoms with van der Waals surface area (Å²) in [5.74, 6) is -1.15. The van der Waals surface area contributed by atoms with E-state index in [0.717, 1.165) is 6.08 Å². The molecule has 0 atom stereocenters. The molecule has 1 heterocycles. The van der Waals surface area contributed by atoms with Crippen LogP contribution in [0, 0.1) is 4.77 Å². The minimum absolute atomic E-state index is 0.129. The summed E-state index contributed by atoms with van der Waals surface area (Å²) >= 11 is 5.00. The lowest BCUT2D eigenvalue weighted by Crippen LogP contribution is -2.25. The number of benzene rings is 1. The molecule has 0 unspecified atom stereocenters. The van der Waals surface area contributed by atoms with Crippen LogP contribution in [-0.2, 0) is 11.8 Å². The quantitative estimate of drug-likeness (QED) is 0.609. The molecule has 1 aromatic carbocycles. The molecule has 1 aliphatic carbocycles. The standard InChI is InChI=1S/C15H11N3O3S/c1-18-13(16)11(14(21)17-15(18)22)9-6-10(19)12(20)8-5-3-2-4-7(8)9/h2-6H,16H2,1H3,(H,17,21,22). The monoisotopic (exact) mass is 313 g/mol. The van der Waals surface area contributed by atoms with Crippen LogP contribution in [0.3, 0.4) is 0 Å². The van der Waals surface area contributed by atoms with Crippen LogP contribution < -0.4 is 11.3 Å². The van der Waals surface area contributed by atoms with Crippen LogP contribution in [0.25, 0.3) is 5.57 Å². The Bertz CT molecular complexity index is 982. The van der Waals surface area contributed by atoms with Gasteiger partial charge in [0.15, 0.2) is 4.77 Å². The van der Waals surface area contributed by atoms with E-state index in [4.69, 9.17) is 18.0 Å². The molecule has 1 aromatic heterocycles. The van der Waals surface area contributed by atoms with Gasteiger partial charge in [-0.05, 0) is 23.9 Å². The first kappa shape index (κ1) is 14.2. The number of Topliss-reactive ketones (excluding diaryl/α,β-unsaturated/α-hetero) is 1. The van der Waals surface area contributed by atoms with Crippen LogP contribution in [0.2, 0.25) is 0 Å². The van der Waals surface area contributed by atoms with Crippen LogP contribution in [0.1, 0.15) is 21.5 Å². The lowest BCUT2D eigenvalue weighted by Gasteiger charge is -2.18. The Balaban J connectivity index is 2.39. The van der Waals surface area contributed by atoms with E-state index in [0.29, 0.717) is 11.1 Å². The third-order valence-electron chi connectivity index (χ3n) is 3.60. The molecule has 3 rings (SSSR count). The third kappa shape index (κ3) is 1.94. The molecule has 1 aliphatic rings. The second kappa shape index (κ2) is 4.88. The summed E-state index contributed by atoms with van der Waals surface area (Å²) in [6.45, 7) is 0. The highest BCUT2D eigenvalue weighted by atomic mass is 32.1. The number of fused-ring (bicyclic) bond motifs is 1. The number of nitrogens with zero attached hydrogens (tertiary/aromatic N) is 1. The second-order valence-electron chi connectivity index (χ2n) is 4.88. The van der Waals surface area contributed by atoms with E-state index in [-0.39, 0.29) is 21.7 Å². The summed E-state index contributed by atoms with van der Waals surface area (Å²) in [7, 11) is 1.61. The molecule has 110 valence electrons.